The van der Waals surface area contributed by atoms with Gasteiger partial charge in [-0.25, -0.2) is 8.42 Å². The highest BCUT2D eigenvalue weighted by Crippen LogP contribution is 2.35. The predicted molar refractivity (Wildman–Crippen MR) is 85.1 cm³/mol. The Bertz CT molecular complexity index is 661. The molecule has 1 aromatic rings. The summed E-state index contributed by atoms with van der Waals surface area (Å²) in [7, 11) is -3.26. The first-order chi connectivity index (χ1) is 10.6. The SMILES string of the molecule is N#Cc1ccc(S(=O)(=O)CCN2CC[C@@H]3CCCC[C@H]32)cc1. The van der Waals surface area contributed by atoms with Gasteiger partial charge in [0.25, 0.3) is 0 Å². The van der Waals surface area contributed by atoms with Gasteiger partial charge in [-0.1, -0.05) is 12.8 Å². The maximum atomic E-state index is 12.4. The molecule has 0 radical (unpaired) electrons. The molecule has 5 heteroatoms. The van der Waals surface area contributed by atoms with E-state index in [1.54, 1.807) is 24.3 Å². The Morgan fingerprint density at radius 3 is 2.59 bits per heavy atom. The Morgan fingerprint density at radius 1 is 1.14 bits per heavy atom. The standard InChI is InChI=1S/C17H22N2O2S/c18-13-14-5-7-16(8-6-14)22(20,21)12-11-19-10-9-15-3-1-2-4-17(15)19/h5-8,15,17H,1-4,9-12H2/t15-,17+/m0/s1. The van der Waals surface area contributed by atoms with Crippen molar-refractivity contribution in [2.45, 2.75) is 43.0 Å². The number of hydrogen-bond acceptors (Lipinski definition) is 4. The van der Waals surface area contributed by atoms with Crippen molar-refractivity contribution < 1.29 is 8.42 Å². The van der Waals surface area contributed by atoms with Gasteiger partial charge in [0.15, 0.2) is 9.84 Å². The van der Waals surface area contributed by atoms with E-state index in [0.717, 1.165) is 12.5 Å². The molecule has 0 amide bonds. The van der Waals surface area contributed by atoms with E-state index in [1.165, 1.54) is 32.1 Å². The van der Waals surface area contributed by atoms with Crippen molar-refractivity contribution in [2.75, 3.05) is 18.8 Å². The molecule has 2 fully saturated rings. The number of nitriles is 1. The predicted octanol–water partition coefficient (Wildman–Crippen LogP) is 2.60. The summed E-state index contributed by atoms with van der Waals surface area (Å²) in [5, 5.41) is 8.78. The fraction of sp³-hybridized carbons (Fsp3) is 0.588. The molecule has 0 bridgehead atoms. The molecule has 0 unspecified atom stereocenters. The molecule has 2 aliphatic rings. The van der Waals surface area contributed by atoms with Crippen molar-refractivity contribution in [3.63, 3.8) is 0 Å². The molecule has 1 aromatic carbocycles. The van der Waals surface area contributed by atoms with Crippen LogP contribution in [-0.2, 0) is 9.84 Å². The van der Waals surface area contributed by atoms with E-state index >= 15 is 0 Å². The van der Waals surface area contributed by atoms with Crippen LogP contribution in [0, 0.1) is 17.2 Å². The number of rotatable bonds is 4. The molecule has 0 aromatic heterocycles. The van der Waals surface area contributed by atoms with E-state index in [0.29, 0.717) is 23.0 Å². The highest BCUT2D eigenvalue weighted by Gasteiger charge is 2.35. The first-order valence-electron chi connectivity index (χ1n) is 8.07. The quantitative estimate of drug-likeness (QED) is 0.856. The van der Waals surface area contributed by atoms with E-state index in [4.69, 9.17) is 5.26 Å². The van der Waals surface area contributed by atoms with Crippen molar-refractivity contribution in [1.82, 2.24) is 4.90 Å². The second-order valence-electron chi connectivity index (χ2n) is 6.39. The normalized spacial score (nSPS) is 25.6. The van der Waals surface area contributed by atoms with Gasteiger partial charge in [0, 0.05) is 12.6 Å². The van der Waals surface area contributed by atoms with Gasteiger partial charge in [0.1, 0.15) is 0 Å². The number of nitrogens with zero attached hydrogens (tertiary/aromatic N) is 2. The summed E-state index contributed by atoms with van der Waals surface area (Å²) in [5.41, 5.74) is 0.489. The fourth-order valence-corrected chi connectivity index (χ4v) is 5.13. The molecule has 1 saturated heterocycles. The topological polar surface area (TPSA) is 61.2 Å². The lowest BCUT2D eigenvalue weighted by atomic mass is 9.85. The monoisotopic (exact) mass is 318 g/mol. The molecule has 1 heterocycles. The van der Waals surface area contributed by atoms with Gasteiger partial charge < -0.3 is 0 Å². The van der Waals surface area contributed by atoms with Crippen LogP contribution < -0.4 is 0 Å². The lowest BCUT2D eigenvalue weighted by molar-refractivity contribution is 0.191. The Labute approximate surface area is 132 Å². The number of sulfone groups is 1. The smallest absolute Gasteiger partial charge is 0.179 e. The summed E-state index contributed by atoms with van der Waals surface area (Å²) in [6.07, 6.45) is 6.37. The third-order valence-electron chi connectivity index (χ3n) is 5.11. The molecule has 1 aliphatic carbocycles. The summed E-state index contributed by atoms with van der Waals surface area (Å²) in [4.78, 5) is 2.70. The maximum absolute atomic E-state index is 12.4. The third-order valence-corrected chi connectivity index (χ3v) is 6.83. The average molecular weight is 318 g/mol. The zero-order valence-electron chi connectivity index (χ0n) is 12.7. The van der Waals surface area contributed by atoms with E-state index in [1.807, 2.05) is 6.07 Å². The largest absolute Gasteiger partial charge is 0.299 e. The van der Waals surface area contributed by atoms with Crippen LogP contribution in [0.5, 0.6) is 0 Å². The maximum Gasteiger partial charge on any atom is 0.179 e. The summed E-state index contributed by atoms with van der Waals surface area (Å²) >= 11 is 0. The molecule has 22 heavy (non-hydrogen) atoms. The second-order valence-corrected chi connectivity index (χ2v) is 8.50. The Morgan fingerprint density at radius 2 is 1.86 bits per heavy atom. The first kappa shape index (κ1) is 15.5. The molecule has 3 rings (SSSR count). The van der Waals surface area contributed by atoms with Gasteiger partial charge in [-0.05, 0) is 56.0 Å². The molecule has 0 N–H and O–H groups in total. The van der Waals surface area contributed by atoms with Gasteiger partial charge in [0.2, 0.25) is 0 Å². The van der Waals surface area contributed by atoms with Crippen LogP contribution in [0.1, 0.15) is 37.7 Å². The molecule has 118 valence electrons. The van der Waals surface area contributed by atoms with Crippen molar-refractivity contribution in [3.05, 3.63) is 29.8 Å². The number of fused-ring (bicyclic) bond motifs is 1. The second kappa shape index (κ2) is 6.39. The number of benzene rings is 1. The summed E-state index contributed by atoms with van der Waals surface area (Å²) < 4.78 is 24.9. The third kappa shape index (κ3) is 3.18. The number of likely N-dealkylation sites (tertiary alicyclic amines) is 1. The van der Waals surface area contributed by atoms with Gasteiger partial charge >= 0.3 is 0 Å². The Kier molecular flexibility index (Phi) is 4.51. The summed E-state index contributed by atoms with van der Waals surface area (Å²) in [6.45, 7) is 1.67. The van der Waals surface area contributed by atoms with Crippen molar-refractivity contribution in [1.29, 1.82) is 5.26 Å². The van der Waals surface area contributed by atoms with Crippen LogP contribution in [-0.4, -0.2) is 38.2 Å². The lowest BCUT2D eigenvalue weighted by Gasteiger charge is -2.31. The van der Waals surface area contributed by atoms with Crippen molar-refractivity contribution in [2.24, 2.45) is 5.92 Å². The molecular formula is C17H22N2O2S. The molecule has 1 aliphatic heterocycles. The zero-order chi connectivity index (χ0) is 15.6. The average Bonchev–Trinajstić information content (AvgIpc) is 2.96. The van der Waals surface area contributed by atoms with Crippen LogP contribution >= 0.6 is 0 Å². The fourth-order valence-electron chi connectivity index (χ4n) is 3.87. The first-order valence-corrected chi connectivity index (χ1v) is 9.72. The Balaban J connectivity index is 1.63. The van der Waals surface area contributed by atoms with Crippen LogP contribution in [0.3, 0.4) is 0 Å². The van der Waals surface area contributed by atoms with E-state index < -0.39 is 9.84 Å². The molecule has 1 saturated carbocycles. The molecule has 4 nitrogen and oxygen atoms in total. The summed E-state index contributed by atoms with van der Waals surface area (Å²) in [6, 6.07) is 8.84. The Hall–Kier alpha value is -1.38. The number of hydrogen-bond donors (Lipinski definition) is 0. The van der Waals surface area contributed by atoms with Gasteiger partial charge in [0.05, 0.1) is 22.3 Å². The van der Waals surface area contributed by atoms with Gasteiger partial charge in [-0.15, -0.1) is 0 Å². The minimum atomic E-state index is -3.26. The molecule has 2 atom stereocenters. The van der Waals surface area contributed by atoms with Crippen LogP contribution in [0.4, 0.5) is 0 Å². The highest BCUT2D eigenvalue weighted by atomic mass is 32.2. The van der Waals surface area contributed by atoms with Gasteiger partial charge in [-0.3, -0.25) is 4.90 Å². The van der Waals surface area contributed by atoms with Crippen LogP contribution in [0.2, 0.25) is 0 Å². The van der Waals surface area contributed by atoms with E-state index in [2.05, 4.69) is 4.90 Å². The van der Waals surface area contributed by atoms with Crippen molar-refractivity contribution in [3.8, 4) is 6.07 Å². The van der Waals surface area contributed by atoms with Gasteiger partial charge in [-0.2, -0.15) is 5.26 Å². The van der Waals surface area contributed by atoms with Crippen LogP contribution in [0.15, 0.2) is 29.2 Å². The zero-order valence-corrected chi connectivity index (χ0v) is 13.6. The van der Waals surface area contributed by atoms with E-state index in [-0.39, 0.29) is 5.75 Å². The minimum Gasteiger partial charge on any atom is -0.299 e. The van der Waals surface area contributed by atoms with Crippen molar-refractivity contribution >= 4 is 9.84 Å². The molecule has 0 spiro atoms. The minimum absolute atomic E-state index is 0.169. The van der Waals surface area contributed by atoms with Crippen LogP contribution in [0.25, 0.3) is 0 Å². The highest BCUT2D eigenvalue weighted by molar-refractivity contribution is 7.91. The molecular weight excluding hydrogens is 296 g/mol. The van der Waals surface area contributed by atoms with E-state index in [9.17, 15) is 8.42 Å². The summed E-state index contributed by atoms with van der Waals surface area (Å²) in [5.74, 6) is 0.952. The lowest BCUT2D eigenvalue weighted by Crippen LogP contribution is -2.37.